The molecule has 2 unspecified atom stereocenters. The predicted octanol–water partition coefficient (Wildman–Crippen LogP) is 1.84. The summed E-state index contributed by atoms with van der Waals surface area (Å²) in [6.07, 6.45) is 0.551. The molecule has 0 aromatic heterocycles. The smallest absolute Gasteiger partial charge is 0.326 e. The van der Waals surface area contributed by atoms with E-state index < -0.39 is 18.1 Å². The van der Waals surface area contributed by atoms with Crippen molar-refractivity contribution in [2.45, 2.75) is 38.8 Å². The minimum Gasteiger partial charge on any atom is -0.481 e. The third-order valence-electron chi connectivity index (χ3n) is 3.47. The van der Waals surface area contributed by atoms with Crippen LogP contribution in [0.25, 0.3) is 0 Å². The molecule has 0 bridgehead atoms. The minimum atomic E-state index is -0.946. The van der Waals surface area contributed by atoms with Gasteiger partial charge in [0.1, 0.15) is 11.8 Å². The van der Waals surface area contributed by atoms with Gasteiger partial charge in [0.05, 0.1) is 0 Å². The molecule has 1 heterocycles. The second-order valence-corrected chi connectivity index (χ2v) is 5.10. The van der Waals surface area contributed by atoms with Crippen LogP contribution in [0.3, 0.4) is 0 Å². The van der Waals surface area contributed by atoms with Gasteiger partial charge in [-0.2, -0.15) is 0 Å². The van der Waals surface area contributed by atoms with E-state index in [2.05, 4.69) is 0 Å². The average molecular weight is 277 g/mol. The van der Waals surface area contributed by atoms with Gasteiger partial charge in [0.15, 0.2) is 6.10 Å². The number of carboxylic acid groups (broad SMARTS) is 1. The molecule has 5 nitrogen and oxygen atoms in total. The minimum absolute atomic E-state index is 0.267. The lowest BCUT2D eigenvalue weighted by Crippen LogP contribution is -2.46. The van der Waals surface area contributed by atoms with Crippen LogP contribution < -0.4 is 4.74 Å². The maximum atomic E-state index is 12.3. The van der Waals surface area contributed by atoms with Crippen LogP contribution in [-0.2, 0) is 9.59 Å². The van der Waals surface area contributed by atoms with Crippen LogP contribution in [0.4, 0.5) is 0 Å². The number of benzene rings is 1. The Kier molecular flexibility index (Phi) is 4.27. The van der Waals surface area contributed by atoms with Crippen molar-refractivity contribution in [3.8, 4) is 5.75 Å². The van der Waals surface area contributed by atoms with E-state index in [1.807, 2.05) is 25.1 Å². The van der Waals surface area contributed by atoms with Crippen molar-refractivity contribution in [2.75, 3.05) is 6.54 Å². The van der Waals surface area contributed by atoms with Crippen molar-refractivity contribution in [2.24, 2.45) is 0 Å². The molecule has 1 aromatic rings. The quantitative estimate of drug-likeness (QED) is 0.912. The maximum Gasteiger partial charge on any atom is 0.326 e. The number of carbonyl (C=O) groups is 2. The molecule has 0 aliphatic carbocycles. The summed E-state index contributed by atoms with van der Waals surface area (Å²) in [7, 11) is 0. The van der Waals surface area contributed by atoms with Crippen molar-refractivity contribution >= 4 is 11.9 Å². The van der Waals surface area contributed by atoms with E-state index in [4.69, 9.17) is 9.84 Å². The first-order chi connectivity index (χ1) is 9.49. The van der Waals surface area contributed by atoms with Crippen LogP contribution in [0.15, 0.2) is 24.3 Å². The van der Waals surface area contributed by atoms with Crippen molar-refractivity contribution in [1.29, 1.82) is 0 Å². The van der Waals surface area contributed by atoms with Crippen LogP contribution in [0.2, 0.25) is 0 Å². The lowest BCUT2D eigenvalue weighted by molar-refractivity contribution is -0.150. The summed E-state index contributed by atoms with van der Waals surface area (Å²) in [5.41, 5.74) is 1.05. The molecular weight excluding hydrogens is 258 g/mol. The Bertz CT molecular complexity index is 514. The third kappa shape index (κ3) is 3.10. The van der Waals surface area contributed by atoms with Gasteiger partial charge in [-0.15, -0.1) is 0 Å². The second kappa shape index (κ2) is 5.94. The number of rotatable bonds is 4. The predicted molar refractivity (Wildman–Crippen MR) is 73.6 cm³/mol. The molecule has 1 aromatic carbocycles. The fraction of sp³-hybridized carbons (Fsp3) is 0.467. The SMILES string of the molecule is Cc1cccc(OC(C)C(=O)N2CCCC2C(=O)O)c1. The molecule has 1 amide bonds. The number of carbonyl (C=O) groups excluding carboxylic acids is 1. The molecule has 1 aliphatic heterocycles. The van der Waals surface area contributed by atoms with Gasteiger partial charge in [0, 0.05) is 6.54 Å². The van der Waals surface area contributed by atoms with E-state index >= 15 is 0 Å². The van der Waals surface area contributed by atoms with Crippen LogP contribution in [0.1, 0.15) is 25.3 Å². The Morgan fingerprint density at radius 2 is 2.20 bits per heavy atom. The molecule has 20 heavy (non-hydrogen) atoms. The molecular formula is C15H19NO4. The van der Waals surface area contributed by atoms with Crippen molar-refractivity contribution in [3.05, 3.63) is 29.8 Å². The summed E-state index contributed by atoms with van der Waals surface area (Å²) in [4.78, 5) is 24.8. The number of carboxylic acids is 1. The van der Waals surface area contributed by atoms with E-state index in [1.54, 1.807) is 13.0 Å². The zero-order valence-corrected chi connectivity index (χ0v) is 11.7. The molecule has 2 rings (SSSR count). The normalized spacial score (nSPS) is 19.7. The third-order valence-corrected chi connectivity index (χ3v) is 3.47. The number of amides is 1. The van der Waals surface area contributed by atoms with Gasteiger partial charge in [0.25, 0.3) is 5.91 Å². The number of nitrogens with zero attached hydrogens (tertiary/aromatic N) is 1. The summed E-state index contributed by atoms with van der Waals surface area (Å²) in [6.45, 7) is 4.08. The number of aryl methyl sites for hydroxylation is 1. The number of hydrogen-bond donors (Lipinski definition) is 1. The van der Waals surface area contributed by atoms with Crippen LogP contribution in [-0.4, -0.2) is 40.6 Å². The van der Waals surface area contributed by atoms with Crippen LogP contribution >= 0.6 is 0 Å². The van der Waals surface area contributed by atoms with Gasteiger partial charge >= 0.3 is 5.97 Å². The van der Waals surface area contributed by atoms with Crippen LogP contribution in [0.5, 0.6) is 5.75 Å². The molecule has 1 N–H and O–H groups in total. The number of aliphatic carboxylic acids is 1. The summed E-state index contributed by atoms with van der Waals surface area (Å²) >= 11 is 0. The van der Waals surface area contributed by atoms with Gasteiger partial charge in [-0.25, -0.2) is 4.79 Å². The number of hydrogen-bond acceptors (Lipinski definition) is 3. The molecule has 0 saturated carbocycles. The molecule has 1 aliphatic rings. The zero-order chi connectivity index (χ0) is 14.7. The second-order valence-electron chi connectivity index (χ2n) is 5.10. The highest BCUT2D eigenvalue weighted by atomic mass is 16.5. The van der Waals surface area contributed by atoms with Gasteiger partial charge in [0.2, 0.25) is 0 Å². The number of ether oxygens (including phenoxy) is 1. The first-order valence-electron chi connectivity index (χ1n) is 6.75. The van der Waals surface area contributed by atoms with E-state index in [0.29, 0.717) is 18.7 Å². The molecule has 0 radical (unpaired) electrons. The Morgan fingerprint density at radius 3 is 2.85 bits per heavy atom. The van der Waals surface area contributed by atoms with Gasteiger partial charge in [-0.1, -0.05) is 12.1 Å². The Balaban J connectivity index is 2.03. The Labute approximate surface area is 118 Å². The van der Waals surface area contributed by atoms with Gasteiger partial charge in [-0.3, -0.25) is 4.79 Å². The first kappa shape index (κ1) is 14.4. The van der Waals surface area contributed by atoms with E-state index in [1.165, 1.54) is 4.90 Å². The van der Waals surface area contributed by atoms with E-state index in [9.17, 15) is 9.59 Å². The van der Waals surface area contributed by atoms with Crippen LogP contribution in [0, 0.1) is 6.92 Å². The lowest BCUT2D eigenvalue weighted by Gasteiger charge is -2.25. The number of likely N-dealkylation sites (tertiary alicyclic amines) is 1. The van der Waals surface area contributed by atoms with Crippen molar-refractivity contribution in [3.63, 3.8) is 0 Å². The summed E-state index contributed by atoms with van der Waals surface area (Å²) in [5, 5.41) is 9.11. The summed E-state index contributed by atoms with van der Waals surface area (Å²) in [5.74, 6) is -0.591. The molecule has 2 atom stereocenters. The Hall–Kier alpha value is -2.04. The molecule has 5 heteroatoms. The first-order valence-corrected chi connectivity index (χ1v) is 6.75. The Morgan fingerprint density at radius 1 is 1.45 bits per heavy atom. The monoisotopic (exact) mass is 277 g/mol. The zero-order valence-electron chi connectivity index (χ0n) is 11.7. The topological polar surface area (TPSA) is 66.8 Å². The fourth-order valence-corrected chi connectivity index (χ4v) is 2.46. The van der Waals surface area contributed by atoms with Gasteiger partial charge in [-0.05, 0) is 44.4 Å². The highest BCUT2D eigenvalue weighted by Gasteiger charge is 2.36. The molecule has 108 valence electrons. The lowest BCUT2D eigenvalue weighted by atomic mass is 10.2. The fourth-order valence-electron chi connectivity index (χ4n) is 2.46. The summed E-state index contributed by atoms with van der Waals surface area (Å²) < 4.78 is 5.61. The van der Waals surface area contributed by atoms with E-state index in [0.717, 1.165) is 12.0 Å². The highest BCUT2D eigenvalue weighted by Crippen LogP contribution is 2.20. The standard InChI is InChI=1S/C15H19NO4/c1-10-5-3-6-12(9-10)20-11(2)14(17)16-8-4-7-13(16)15(18)19/h3,5-6,9,11,13H,4,7-8H2,1-2H3,(H,18,19). The van der Waals surface area contributed by atoms with E-state index in [-0.39, 0.29) is 5.91 Å². The van der Waals surface area contributed by atoms with Gasteiger partial charge < -0.3 is 14.7 Å². The molecule has 1 saturated heterocycles. The maximum absolute atomic E-state index is 12.3. The van der Waals surface area contributed by atoms with Crippen molar-refractivity contribution in [1.82, 2.24) is 4.90 Å². The molecule has 0 spiro atoms. The highest BCUT2D eigenvalue weighted by molar-refractivity contribution is 5.87. The largest absolute Gasteiger partial charge is 0.481 e. The molecule has 1 fully saturated rings. The summed E-state index contributed by atoms with van der Waals surface area (Å²) in [6, 6.07) is 6.72. The average Bonchev–Trinajstić information content (AvgIpc) is 2.87. The van der Waals surface area contributed by atoms with Crippen molar-refractivity contribution < 1.29 is 19.4 Å².